The van der Waals surface area contributed by atoms with E-state index in [4.69, 9.17) is 4.42 Å². The fourth-order valence-corrected chi connectivity index (χ4v) is 2.87. The summed E-state index contributed by atoms with van der Waals surface area (Å²) in [5.74, 6) is 0.888. The molecule has 1 aromatic carbocycles. The van der Waals surface area contributed by atoms with Crippen LogP contribution in [-0.4, -0.2) is 50.6 Å². The Balaban J connectivity index is 1.39. The number of anilines is 2. The van der Waals surface area contributed by atoms with E-state index in [1.807, 2.05) is 24.3 Å². The smallest absolute Gasteiger partial charge is 0.225 e. The van der Waals surface area contributed by atoms with E-state index in [2.05, 4.69) is 39.6 Å². The Bertz CT molecular complexity index is 647. The third kappa shape index (κ3) is 5.34. The number of carbonyl (C=O) groups excluding carboxylic acids is 1. The van der Waals surface area contributed by atoms with Crippen LogP contribution in [0, 0.1) is 0 Å². The molecule has 1 aromatic heterocycles. The molecule has 1 fully saturated rings. The van der Waals surface area contributed by atoms with Crippen LogP contribution in [0.1, 0.15) is 12.2 Å². The van der Waals surface area contributed by atoms with Crippen molar-refractivity contribution >= 4 is 17.3 Å². The van der Waals surface area contributed by atoms with Crippen LogP contribution in [0.15, 0.2) is 47.1 Å². The molecule has 0 bridgehead atoms. The highest BCUT2D eigenvalue weighted by Crippen LogP contribution is 2.19. The number of rotatable bonds is 7. The van der Waals surface area contributed by atoms with Crippen molar-refractivity contribution in [3.63, 3.8) is 0 Å². The fourth-order valence-electron chi connectivity index (χ4n) is 2.87. The Morgan fingerprint density at radius 2 is 1.88 bits per heavy atom. The van der Waals surface area contributed by atoms with E-state index < -0.39 is 0 Å². The van der Waals surface area contributed by atoms with E-state index in [-0.39, 0.29) is 5.91 Å². The van der Waals surface area contributed by atoms with Gasteiger partial charge in [-0.3, -0.25) is 4.79 Å². The van der Waals surface area contributed by atoms with Crippen molar-refractivity contribution in [3.05, 3.63) is 48.4 Å². The lowest BCUT2D eigenvalue weighted by Crippen LogP contribution is -2.44. The van der Waals surface area contributed by atoms with Crippen LogP contribution in [0.5, 0.6) is 0 Å². The summed E-state index contributed by atoms with van der Waals surface area (Å²) in [7, 11) is 2.15. The van der Waals surface area contributed by atoms with Gasteiger partial charge in [0.2, 0.25) is 5.91 Å². The Kier molecular flexibility index (Phi) is 6.09. The zero-order valence-corrected chi connectivity index (χ0v) is 14.7. The molecule has 2 N–H and O–H groups in total. The predicted octanol–water partition coefficient (Wildman–Crippen LogP) is 2.15. The molecule has 25 heavy (non-hydrogen) atoms. The van der Waals surface area contributed by atoms with Crippen LogP contribution in [-0.2, 0) is 11.3 Å². The maximum Gasteiger partial charge on any atom is 0.225 e. The van der Waals surface area contributed by atoms with Crippen molar-refractivity contribution in [2.75, 3.05) is 50.0 Å². The van der Waals surface area contributed by atoms with E-state index in [9.17, 15) is 4.79 Å². The minimum absolute atomic E-state index is 0.0132. The van der Waals surface area contributed by atoms with Gasteiger partial charge < -0.3 is 24.9 Å². The molecule has 2 heterocycles. The van der Waals surface area contributed by atoms with Crippen molar-refractivity contribution in [1.82, 2.24) is 10.2 Å². The quantitative estimate of drug-likeness (QED) is 0.755. The number of nitrogens with zero attached hydrogens (tertiary/aromatic N) is 2. The monoisotopic (exact) mass is 342 g/mol. The third-order valence-electron chi connectivity index (χ3n) is 4.43. The van der Waals surface area contributed by atoms with E-state index >= 15 is 0 Å². The molecule has 6 nitrogen and oxygen atoms in total. The van der Waals surface area contributed by atoms with Gasteiger partial charge in [-0.1, -0.05) is 0 Å². The molecule has 3 rings (SSSR count). The number of hydrogen-bond acceptors (Lipinski definition) is 5. The molecule has 1 aliphatic heterocycles. The van der Waals surface area contributed by atoms with Gasteiger partial charge in [0.15, 0.2) is 0 Å². The molecule has 134 valence electrons. The minimum Gasteiger partial charge on any atom is -0.468 e. The van der Waals surface area contributed by atoms with Crippen LogP contribution in [0.3, 0.4) is 0 Å². The number of carbonyl (C=O) groups is 1. The summed E-state index contributed by atoms with van der Waals surface area (Å²) in [5.41, 5.74) is 2.06. The predicted molar refractivity (Wildman–Crippen MR) is 99.8 cm³/mol. The third-order valence-corrected chi connectivity index (χ3v) is 4.43. The SMILES string of the molecule is CN1CCN(c2ccc(NC(=O)CCNCc3ccco3)cc2)CC1. The maximum atomic E-state index is 12.0. The first-order valence-corrected chi connectivity index (χ1v) is 8.77. The van der Waals surface area contributed by atoms with Gasteiger partial charge in [-0.05, 0) is 43.4 Å². The van der Waals surface area contributed by atoms with Crippen LogP contribution in [0.25, 0.3) is 0 Å². The summed E-state index contributed by atoms with van der Waals surface area (Å²) in [5, 5.41) is 6.14. The van der Waals surface area contributed by atoms with Gasteiger partial charge in [0.05, 0.1) is 12.8 Å². The zero-order valence-electron chi connectivity index (χ0n) is 14.7. The summed E-state index contributed by atoms with van der Waals surface area (Å²) >= 11 is 0. The van der Waals surface area contributed by atoms with Gasteiger partial charge >= 0.3 is 0 Å². The highest BCUT2D eigenvalue weighted by atomic mass is 16.3. The molecule has 0 saturated carbocycles. The van der Waals surface area contributed by atoms with Crippen LogP contribution >= 0.6 is 0 Å². The average Bonchev–Trinajstić information content (AvgIpc) is 3.14. The summed E-state index contributed by atoms with van der Waals surface area (Å²) in [4.78, 5) is 16.7. The largest absolute Gasteiger partial charge is 0.468 e. The number of benzene rings is 1. The molecule has 0 aliphatic carbocycles. The minimum atomic E-state index is 0.0132. The highest BCUT2D eigenvalue weighted by Gasteiger charge is 2.14. The highest BCUT2D eigenvalue weighted by molar-refractivity contribution is 5.91. The summed E-state index contributed by atoms with van der Waals surface area (Å²) < 4.78 is 5.23. The van der Waals surface area contributed by atoms with Crippen molar-refractivity contribution in [2.24, 2.45) is 0 Å². The van der Waals surface area contributed by atoms with Crippen molar-refractivity contribution in [1.29, 1.82) is 0 Å². The number of furan rings is 1. The molecular formula is C19H26N4O2. The lowest BCUT2D eigenvalue weighted by molar-refractivity contribution is -0.116. The number of likely N-dealkylation sites (N-methyl/N-ethyl adjacent to an activating group) is 1. The average molecular weight is 342 g/mol. The molecule has 0 unspecified atom stereocenters. The second kappa shape index (κ2) is 8.69. The normalized spacial score (nSPS) is 15.3. The number of piperazine rings is 1. The number of amides is 1. The van der Waals surface area contributed by atoms with E-state index in [1.54, 1.807) is 6.26 Å². The lowest BCUT2D eigenvalue weighted by atomic mass is 10.2. The molecule has 1 amide bonds. The first kappa shape index (κ1) is 17.5. The van der Waals surface area contributed by atoms with Crippen LogP contribution < -0.4 is 15.5 Å². The molecule has 0 radical (unpaired) electrons. The van der Waals surface area contributed by atoms with Crippen molar-refractivity contribution in [3.8, 4) is 0 Å². The Hall–Kier alpha value is -2.31. The van der Waals surface area contributed by atoms with Gasteiger partial charge in [-0.2, -0.15) is 0 Å². The first-order valence-electron chi connectivity index (χ1n) is 8.77. The standard InChI is InChI=1S/C19H26N4O2/c1-22-10-12-23(13-11-22)17-6-4-16(5-7-17)21-19(24)8-9-20-15-18-3-2-14-25-18/h2-7,14,20H,8-13,15H2,1H3,(H,21,24). The fraction of sp³-hybridized carbons (Fsp3) is 0.421. The van der Waals surface area contributed by atoms with Crippen LogP contribution in [0.4, 0.5) is 11.4 Å². The molecular weight excluding hydrogens is 316 g/mol. The van der Waals surface area contributed by atoms with Gasteiger partial charge in [0.1, 0.15) is 5.76 Å². The molecule has 0 spiro atoms. The topological polar surface area (TPSA) is 60.8 Å². The zero-order chi connectivity index (χ0) is 17.5. The molecule has 2 aromatic rings. The van der Waals surface area contributed by atoms with Gasteiger partial charge in [-0.15, -0.1) is 0 Å². The summed E-state index contributed by atoms with van der Waals surface area (Å²) in [6, 6.07) is 11.9. The van der Waals surface area contributed by atoms with E-state index in [0.717, 1.165) is 37.6 Å². The lowest BCUT2D eigenvalue weighted by Gasteiger charge is -2.34. The Morgan fingerprint density at radius 1 is 1.12 bits per heavy atom. The summed E-state index contributed by atoms with van der Waals surface area (Å²) in [6.45, 7) is 5.52. The maximum absolute atomic E-state index is 12.0. The second-order valence-electron chi connectivity index (χ2n) is 6.39. The van der Waals surface area contributed by atoms with Gasteiger partial charge in [-0.25, -0.2) is 0 Å². The molecule has 0 atom stereocenters. The molecule has 6 heteroatoms. The number of nitrogens with one attached hydrogen (secondary N) is 2. The first-order chi connectivity index (χ1) is 12.2. The van der Waals surface area contributed by atoms with Gasteiger partial charge in [0.25, 0.3) is 0 Å². The second-order valence-corrected chi connectivity index (χ2v) is 6.39. The van der Waals surface area contributed by atoms with E-state index in [0.29, 0.717) is 19.5 Å². The Labute approximate surface area is 148 Å². The number of hydrogen-bond donors (Lipinski definition) is 2. The molecule has 1 saturated heterocycles. The molecule has 1 aliphatic rings. The van der Waals surface area contributed by atoms with Crippen molar-refractivity contribution < 1.29 is 9.21 Å². The van der Waals surface area contributed by atoms with Gasteiger partial charge in [0, 0.05) is 50.5 Å². The summed E-state index contributed by atoms with van der Waals surface area (Å²) in [6.07, 6.45) is 2.08. The van der Waals surface area contributed by atoms with Crippen LogP contribution in [0.2, 0.25) is 0 Å². The van der Waals surface area contributed by atoms with E-state index in [1.165, 1.54) is 5.69 Å². The van der Waals surface area contributed by atoms with Crippen molar-refractivity contribution in [2.45, 2.75) is 13.0 Å². The Morgan fingerprint density at radius 3 is 2.56 bits per heavy atom.